The zero-order valence-electron chi connectivity index (χ0n) is 6.59. The molecule has 0 saturated carbocycles. The van der Waals surface area contributed by atoms with Crippen LogP contribution < -0.4 is 5.48 Å². The van der Waals surface area contributed by atoms with Crippen molar-refractivity contribution in [1.82, 2.24) is 5.48 Å². The molecule has 64 valence electrons. The highest BCUT2D eigenvalue weighted by atomic mass is 16.5. The molecular weight excluding hydrogens is 146 g/mol. The fraction of sp³-hybridized carbons (Fsp3) is 0.857. The van der Waals surface area contributed by atoms with E-state index in [1.54, 1.807) is 5.48 Å². The van der Waals surface area contributed by atoms with Gasteiger partial charge in [-0.3, -0.25) is 10.0 Å². The van der Waals surface area contributed by atoms with Crippen LogP contribution in [0.4, 0.5) is 0 Å². The molecule has 0 aromatic heterocycles. The van der Waals surface area contributed by atoms with E-state index in [0.29, 0.717) is 26.1 Å². The van der Waals surface area contributed by atoms with Crippen molar-refractivity contribution in [2.24, 2.45) is 5.41 Å². The molecule has 0 bridgehead atoms. The van der Waals surface area contributed by atoms with Gasteiger partial charge in [-0.15, -0.1) is 0 Å². The van der Waals surface area contributed by atoms with E-state index >= 15 is 0 Å². The molecule has 0 aromatic rings. The molecule has 0 aliphatic carbocycles. The minimum Gasteiger partial charge on any atom is -0.381 e. The van der Waals surface area contributed by atoms with Crippen molar-refractivity contribution in [2.45, 2.75) is 19.8 Å². The van der Waals surface area contributed by atoms with Crippen LogP contribution in [0.5, 0.6) is 0 Å². The lowest BCUT2D eigenvalue weighted by atomic mass is 9.82. The van der Waals surface area contributed by atoms with Crippen LogP contribution in [-0.2, 0) is 9.53 Å². The van der Waals surface area contributed by atoms with Gasteiger partial charge in [-0.05, 0) is 12.8 Å². The van der Waals surface area contributed by atoms with Gasteiger partial charge in [-0.2, -0.15) is 0 Å². The quantitative estimate of drug-likeness (QED) is 0.427. The third-order valence-electron chi connectivity index (χ3n) is 2.25. The monoisotopic (exact) mass is 159 g/mol. The van der Waals surface area contributed by atoms with Gasteiger partial charge >= 0.3 is 0 Å². The Bertz CT molecular complexity index is 152. The van der Waals surface area contributed by atoms with Crippen LogP contribution in [0.1, 0.15) is 19.8 Å². The summed E-state index contributed by atoms with van der Waals surface area (Å²) < 4.78 is 5.10. The maximum atomic E-state index is 11.1. The number of ether oxygens (including phenoxy) is 1. The molecule has 2 N–H and O–H groups in total. The molecule has 1 heterocycles. The molecule has 1 aliphatic rings. The van der Waals surface area contributed by atoms with E-state index in [0.717, 1.165) is 0 Å². The van der Waals surface area contributed by atoms with Gasteiger partial charge in [0.2, 0.25) is 5.91 Å². The van der Waals surface area contributed by atoms with Gasteiger partial charge in [-0.25, -0.2) is 5.48 Å². The Hall–Kier alpha value is -0.610. The lowest BCUT2D eigenvalue weighted by Gasteiger charge is -2.30. The Morgan fingerprint density at radius 3 is 2.55 bits per heavy atom. The van der Waals surface area contributed by atoms with Crippen LogP contribution in [0, 0.1) is 5.41 Å². The highest BCUT2D eigenvalue weighted by Gasteiger charge is 2.34. The molecule has 4 nitrogen and oxygen atoms in total. The summed E-state index contributed by atoms with van der Waals surface area (Å²) in [5.41, 5.74) is 1.24. The van der Waals surface area contributed by atoms with E-state index < -0.39 is 5.41 Å². The fourth-order valence-corrected chi connectivity index (χ4v) is 1.18. The smallest absolute Gasteiger partial charge is 0.249 e. The van der Waals surface area contributed by atoms with Gasteiger partial charge in [0.05, 0.1) is 5.41 Å². The van der Waals surface area contributed by atoms with Crippen LogP contribution in [0.2, 0.25) is 0 Å². The summed E-state index contributed by atoms with van der Waals surface area (Å²) in [4.78, 5) is 11.1. The predicted octanol–water partition coefficient (Wildman–Crippen LogP) is 0.308. The number of hydrogen-bond acceptors (Lipinski definition) is 3. The summed E-state index contributed by atoms with van der Waals surface area (Å²) in [5, 5.41) is 8.41. The lowest BCUT2D eigenvalue weighted by Crippen LogP contribution is -2.41. The molecule has 0 unspecified atom stereocenters. The first kappa shape index (κ1) is 8.49. The number of hydroxylamine groups is 1. The zero-order chi connectivity index (χ0) is 8.32. The van der Waals surface area contributed by atoms with E-state index in [4.69, 9.17) is 9.94 Å². The van der Waals surface area contributed by atoms with Crippen LogP contribution in [0.3, 0.4) is 0 Å². The van der Waals surface area contributed by atoms with Gasteiger partial charge < -0.3 is 4.74 Å². The second-order valence-electron chi connectivity index (χ2n) is 3.11. The van der Waals surface area contributed by atoms with E-state index in [1.807, 2.05) is 6.92 Å². The van der Waals surface area contributed by atoms with Gasteiger partial charge in [0.15, 0.2) is 0 Å². The van der Waals surface area contributed by atoms with Gasteiger partial charge in [0.25, 0.3) is 0 Å². The maximum Gasteiger partial charge on any atom is 0.249 e. The fourth-order valence-electron chi connectivity index (χ4n) is 1.18. The maximum absolute atomic E-state index is 11.1. The molecule has 0 spiro atoms. The molecule has 1 amide bonds. The van der Waals surface area contributed by atoms with E-state index in [-0.39, 0.29) is 5.91 Å². The van der Waals surface area contributed by atoms with Crippen LogP contribution in [0.15, 0.2) is 0 Å². The molecule has 1 aliphatic heterocycles. The summed E-state index contributed by atoms with van der Waals surface area (Å²) in [6.07, 6.45) is 1.36. The van der Waals surface area contributed by atoms with Gasteiger partial charge in [0.1, 0.15) is 0 Å². The molecule has 4 heteroatoms. The van der Waals surface area contributed by atoms with Crippen LogP contribution >= 0.6 is 0 Å². The molecule has 1 fully saturated rings. The molecule has 0 atom stereocenters. The van der Waals surface area contributed by atoms with E-state index in [2.05, 4.69) is 0 Å². The number of amides is 1. The first-order valence-electron chi connectivity index (χ1n) is 3.71. The van der Waals surface area contributed by atoms with Crippen LogP contribution in [0.25, 0.3) is 0 Å². The van der Waals surface area contributed by atoms with Crippen LogP contribution in [-0.4, -0.2) is 24.3 Å². The van der Waals surface area contributed by atoms with Crippen molar-refractivity contribution in [3.8, 4) is 0 Å². The van der Waals surface area contributed by atoms with Gasteiger partial charge in [0, 0.05) is 13.2 Å². The van der Waals surface area contributed by atoms with Crippen molar-refractivity contribution in [3.63, 3.8) is 0 Å². The molecule has 0 aromatic carbocycles. The second-order valence-corrected chi connectivity index (χ2v) is 3.11. The molecule has 11 heavy (non-hydrogen) atoms. The normalized spacial score (nSPS) is 22.7. The second kappa shape index (κ2) is 3.19. The largest absolute Gasteiger partial charge is 0.381 e. The minimum atomic E-state index is -0.437. The zero-order valence-corrected chi connectivity index (χ0v) is 6.59. The summed E-state index contributed by atoms with van der Waals surface area (Å²) >= 11 is 0. The number of carbonyl (C=O) groups is 1. The Kier molecular flexibility index (Phi) is 2.46. The summed E-state index contributed by atoms with van der Waals surface area (Å²) in [6.45, 7) is 3.04. The molecule has 0 radical (unpaired) electrons. The number of rotatable bonds is 1. The first-order valence-corrected chi connectivity index (χ1v) is 3.71. The molecule has 1 saturated heterocycles. The number of nitrogens with one attached hydrogen (secondary N) is 1. The Morgan fingerprint density at radius 2 is 2.09 bits per heavy atom. The average molecular weight is 159 g/mol. The first-order chi connectivity index (χ1) is 5.19. The predicted molar refractivity (Wildman–Crippen MR) is 38.1 cm³/mol. The lowest BCUT2D eigenvalue weighted by molar-refractivity contribution is -0.144. The SMILES string of the molecule is CC1(C(=O)NO)CCOCC1. The van der Waals surface area contributed by atoms with Gasteiger partial charge in [-0.1, -0.05) is 6.92 Å². The summed E-state index contributed by atoms with van der Waals surface area (Å²) in [5.74, 6) is -0.305. The number of carbonyl (C=O) groups excluding carboxylic acids is 1. The van der Waals surface area contributed by atoms with Crippen molar-refractivity contribution in [1.29, 1.82) is 0 Å². The van der Waals surface area contributed by atoms with Crippen molar-refractivity contribution in [3.05, 3.63) is 0 Å². The summed E-state index contributed by atoms with van der Waals surface area (Å²) in [6, 6.07) is 0. The van der Waals surface area contributed by atoms with Crippen molar-refractivity contribution in [2.75, 3.05) is 13.2 Å². The van der Waals surface area contributed by atoms with E-state index in [9.17, 15) is 4.79 Å². The van der Waals surface area contributed by atoms with Crippen molar-refractivity contribution >= 4 is 5.91 Å². The summed E-state index contributed by atoms with van der Waals surface area (Å²) in [7, 11) is 0. The Morgan fingerprint density at radius 1 is 1.55 bits per heavy atom. The minimum absolute atomic E-state index is 0.305. The Labute approximate surface area is 65.5 Å². The standard InChI is InChI=1S/C7H13NO3/c1-7(6(9)8-10)2-4-11-5-3-7/h10H,2-5H2,1H3,(H,8,9). The topological polar surface area (TPSA) is 58.6 Å². The van der Waals surface area contributed by atoms with E-state index in [1.165, 1.54) is 0 Å². The number of hydrogen-bond donors (Lipinski definition) is 2. The highest BCUT2D eigenvalue weighted by Crippen LogP contribution is 2.29. The third-order valence-corrected chi connectivity index (χ3v) is 2.25. The van der Waals surface area contributed by atoms with Crippen molar-refractivity contribution < 1.29 is 14.7 Å². The molecule has 1 rings (SSSR count). The Balaban J connectivity index is 2.56. The highest BCUT2D eigenvalue weighted by molar-refractivity contribution is 5.81. The molecular formula is C7H13NO3. The average Bonchev–Trinajstić information content (AvgIpc) is 2.04. The third kappa shape index (κ3) is 1.70.